The fourth-order valence-electron chi connectivity index (χ4n) is 0.988. The van der Waals surface area contributed by atoms with Crippen molar-refractivity contribution < 1.29 is 9.84 Å². The number of hydrogen-bond acceptors (Lipinski definition) is 2. The van der Waals surface area contributed by atoms with Gasteiger partial charge in [-0.2, -0.15) is 0 Å². The van der Waals surface area contributed by atoms with E-state index in [4.69, 9.17) is 9.84 Å². The molecule has 2 nitrogen and oxygen atoms in total. The fourth-order valence-corrected chi connectivity index (χ4v) is 0.988. The molecule has 1 fully saturated rings. The number of aliphatic hydroxyl groups is 1. The van der Waals surface area contributed by atoms with Crippen LogP contribution in [-0.2, 0) is 4.74 Å². The Morgan fingerprint density at radius 3 is 2.75 bits per heavy atom. The predicted molar refractivity (Wildman–Crippen MR) is 30.6 cm³/mol. The van der Waals surface area contributed by atoms with Crippen molar-refractivity contribution in [1.82, 2.24) is 0 Å². The molecule has 0 aromatic heterocycles. The van der Waals surface area contributed by atoms with Crippen LogP contribution in [-0.4, -0.2) is 24.4 Å². The Kier molecular flexibility index (Phi) is 1.86. The topological polar surface area (TPSA) is 29.5 Å². The minimum absolute atomic E-state index is 0.120. The van der Waals surface area contributed by atoms with Gasteiger partial charge in [0.2, 0.25) is 0 Å². The summed E-state index contributed by atoms with van der Waals surface area (Å²) < 4.78 is 5.16. The lowest BCUT2D eigenvalue weighted by molar-refractivity contribution is 0.0431. The molecule has 0 radical (unpaired) electrons. The van der Waals surface area contributed by atoms with Crippen LogP contribution < -0.4 is 0 Å². The highest BCUT2D eigenvalue weighted by Gasteiger charge is 2.22. The lowest BCUT2D eigenvalue weighted by atomic mass is 10.1. The third-order valence-electron chi connectivity index (χ3n) is 1.72. The Hall–Kier alpha value is -0.0800. The molecule has 1 aliphatic rings. The molecule has 0 aromatic rings. The van der Waals surface area contributed by atoms with Crippen LogP contribution in [0.15, 0.2) is 0 Å². The summed E-state index contributed by atoms with van der Waals surface area (Å²) in [5.41, 5.74) is 0. The van der Waals surface area contributed by atoms with E-state index in [1.54, 1.807) is 0 Å². The Labute approximate surface area is 49.5 Å². The van der Waals surface area contributed by atoms with Gasteiger partial charge in [0.15, 0.2) is 0 Å². The average Bonchev–Trinajstić information content (AvgIpc) is 2.14. The van der Waals surface area contributed by atoms with E-state index >= 15 is 0 Å². The van der Waals surface area contributed by atoms with Gasteiger partial charge >= 0.3 is 0 Å². The van der Waals surface area contributed by atoms with Crippen molar-refractivity contribution in [3.63, 3.8) is 0 Å². The van der Waals surface area contributed by atoms with Gasteiger partial charge in [0.05, 0.1) is 12.7 Å². The molecule has 48 valence electrons. The summed E-state index contributed by atoms with van der Waals surface area (Å²) in [6.45, 7) is 3.11. The van der Waals surface area contributed by atoms with E-state index in [-0.39, 0.29) is 12.7 Å². The molecule has 1 saturated heterocycles. The van der Waals surface area contributed by atoms with Crippen molar-refractivity contribution in [3.8, 4) is 0 Å². The van der Waals surface area contributed by atoms with Gasteiger partial charge in [0.25, 0.3) is 0 Å². The van der Waals surface area contributed by atoms with Crippen LogP contribution in [0.25, 0.3) is 0 Å². The quantitative estimate of drug-likeness (QED) is 0.537. The van der Waals surface area contributed by atoms with Gasteiger partial charge in [0.1, 0.15) is 0 Å². The second-order valence-electron chi connectivity index (χ2n) is 2.36. The number of ether oxygens (including phenoxy) is 1. The molecule has 1 heterocycles. The first kappa shape index (κ1) is 6.05. The normalized spacial score (nSPS) is 38.2. The number of hydrogen-bond donors (Lipinski definition) is 1. The smallest absolute Gasteiger partial charge is 0.0832 e. The van der Waals surface area contributed by atoms with Gasteiger partial charge in [0, 0.05) is 6.61 Å². The molecule has 1 aliphatic heterocycles. The summed E-state index contributed by atoms with van der Waals surface area (Å²) in [6.07, 6.45) is 1.22. The Morgan fingerprint density at radius 1 is 1.75 bits per heavy atom. The molecular formula is C6H12O2. The summed E-state index contributed by atoms with van der Waals surface area (Å²) in [5, 5.41) is 8.61. The minimum Gasteiger partial charge on any atom is -0.394 e. The largest absolute Gasteiger partial charge is 0.394 e. The first-order valence-electron chi connectivity index (χ1n) is 3.07. The Morgan fingerprint density at radius 2 is 2.50 bits per heavy atom. The predicted octanol–water partition coefficient (Wildman–Crippen LogP) is 0.404. The lowest BCUT2D eigenvalue weighted by Crippen LogP contribution is -2.17. The average molecular weight is 116 g/mol. The molecule has 0 aromatic carbocycles. The molecule has 0 spiro atoms. The third kappa shape index (κ3) is 1.01. The fraction of sp³-hybridized carbons (Fsp3) is 1.00. The molecule has 1 N–H and O–H groups in total. The van der Waals surface area contributed by atoms with Crippen LogP contribution in [0.3, 0.4) is 0 Å². The molecule has 0 aliphatic carbocycles. The van der Waals surface area contributed by atoms with Gasteiger partial charge in [-0.1, -0.05) is 6.92 Å². The summed E-state index contributed by atoms with van der Waals surface area (Å²) in [4.78, 5) is 0. The minimum atomic E-state index is 0.120. The third-order valence-corrected chi connectivity index (χ3v) is 1.72. The second kappa shape index (κ2) is 2.46. The molecule has 2 atom stereocenters. The monoisotopic (exact) mass is 116 g/mol. The van der Waals surface area contributed by atoms with E-state index in [1.165, 1.54) is 0 Å². The highest BCUT2D eigenvalue weighted by molar-refractivity contribution is 4.70. The molecule has 1 rings (SSSR count). The molecule has 0 amide bonds. The van der Waals surface area contributed by atoms with Crippen LogP contribution in [0.2, 0.25) is 0 Å². The molecule has 8 heavy (non-hydrogen) atoms. The maximum atomic E-state index is 8.61. The second-order valence-corrected chi connectivity index (χ2v) is 2.36. The van der Waals surface area contributed by atoms with E-state index in [2.05, 4.69) is 6.92 Å². The standard InChI is InChI=1S/C6H12O2/c1-5-2-3-8-6(5)4-7/h5-7H,2-4H2,1H3/t5-,6-/m1/s1. The highest BCUT2D eigenvalue weighted by Crippen LogP contribution is 2.18. The SMILES string of the molecule is C[C@@H]1CCO[C@@H]1CO. The van der Waals surface area contributed by atoms with Crippen molar-refractivity contribution in [2.45, 2.75) is 19.4 Å². The van der Waals surface area contributed by atoms with Crippen molar-refractivity contribution in [2.24, 2.45) is 5.92 Å². The van der Waals surface area contributed by atoms with E-state index in [0.29, 0.717) is 5.92 Å². The van der Waals surface area contributed by atoms with Crippen LogP contribution in [0.5, 0.6) is 0 Å². The van der Waals surface area contributed by atoms with Crippen molar-refractivity contribution in [1.29, 1.82) is 0 Å². The lowest BCUT2D eigenvalue weighted by Gasteiger charge is -2.08. The Balaban J connectivity index is 2.30. The Bertz CT molecular complexity index is 72.9. The maximum Gasteiger partial charge on any atom is 0.0832 e. The summed E-state index contributed by atoms with van der Waals surface area (Å²) in [6, 6.07) is 0. The first-order chi connectivity index (χ1) is 3.84. The first-order valence-corrected chi connectivity index (χ1v) is 3.07. The zero-order chi connectivity index (χ0) is 5.98. The van der Waals surface area contributed by atoms with Gasteiger partial charge < -0.3 is 9.84 Å². The van der Waals surface area contributed by atoms with Gasteiger partial charge in [-0.05, 0) is 12.3 Å². The molecule has 0 unspecified atom stereocenters. The van der Waals surface area contributed by atoms with Crippen LogP contribution >= 0.6 is 0 Å². The molecular weight excluding hydrogens is 104 g/mol. The van der Waals surface area contributed by atoms with E-state index in [9.17, 15) is 0 Å². The van der Waals surface area contributed by atoms with Crippen molar-refractivity contribution >= 4 is 0 Å². The van der Waals surface area contributed by atoms with Gasteiger partial charge in [-0.15, -0.1) is 0 Å². The summed E-state index contributed by atoms with van der Waals surface area (Å²) in [5.74, 6) is 0.556. The van der Waals surface area contributed by atoms with Crippen molar-refractivity contribution in [2.75, 3.05) is 13.2 Å². The number of rotatable bonds is 1. The maximum absolute atomic E-state index is 8.61. The zero-order valence-corrected chi connectivity index (χ0v) is 5.13. The van der Waals surface area contributed by atoms with Crippen LogP contribution in [0.1, 0.15) is 13.3 Å². The van der Waals surface area contributed by atoms with Crippen molar-refractivity contribution in [3.05, 3.63) is 0 Å². The molecule has 0 bridgehead atoms. The van der Waals surface area contributed by atoms with Crippen LogP contribution in [0, 0.1) is 5.92 Å². The summed E-state index contributed by atoms with van der Waals surface area (Å²) >= 11 is 0. The van der Waals surface area contributed by atoms with Gasteiger partial charge in [-0.3, -0.25) is 0 Å². The van der Waals surface area contributed by atoms with E-state index < -0.39 is 0 Å². The van der Waals surface area contributed by atoms with E-state index in [0.717, 1.165) is 13.0 Å². The zero-order valence-electron chi connectivity index (χ0n) is 5.13. The molecule has 2 heteroatoms. The van der Waals surface area contributed by atoms with Gasteiger partial charge in [-0.25, -0.2) is 0 Å². The van der Waals surface area contributed by atoms with Crippen LogP contribution in [0.4, 0.5) is 0 Å². The number of aliphatic hydroxyl groups excluding tert-OH is 1. The van der Waals surface area contributed by atoms with E-state index in [1.807, 2.05) is 0 Å². The summed E-state index contributed by atoms with van der Waals surface area (Å²) in [7, 11) is 0. The highest BCUT2D eigenvalue weighted by atomic mass is 16.5. The molecule has 0 saturated carbocycles.